The molecule has 0 amide bonds. The summed E-state index contributed by atoms with van der Waals surface area (Å²) < 4.78 is 0. The molecule has 2 rings (SSSR count). The van der Waals surface area contributed by atoms with Crippen LogP contribution in [0.2, 0.25) is 0 Å². The maximum atomic E-state index is 6.00. The Labute approximate surface area is 77.8 Å². The molecule has 0 atom stereocenters. The number of hydrogen-bond acceptors (Lipinski definition) is 1. The lowest BCUT2D eigenvalue weighted by atomic mass is 9.95. The molecule has 0 aliphatic carbocycles. The molecule has 0 aliphatic heterocycles. The normalized spacial score (nSPS) is 12.2. The lowest BCUT2D eigenvalue weighted by molar-refractivity contribution is 0.555. The van der Waals surface area contributed by atoms with E-state index in [1.807, 2.05) is 20.0 Å². The monoisotopic (exact) mass is 174 g/mol. The van der Waals surface area contributed by atoms with Crippen LogP contribution in [0, 0.1) is 0 Å². The molecule has 13 heavy (non-hydrogen) atoms. The topological polar surface area (TPSA) is 41.8 Å². The second kappa shape index (κ2) is 2.60. The summed E-state index contributed by atoms with van der Waals surface area (Å²) in [5.41, 5.74) is 8.04. The SMILES string of the molecule is CC(C)(N)c1ccc2cc[nH]c2c1. The van der Waals surface area contributed by atoms with E-state index in [2.05, 4.69) is 29.2 Å². The van der Waals surface area contributed by atoms with Crippen LogP contribution in [0.1, 0.15) is 19.4 Å². The van der Waals surface area contributed by atoms with Gasteiger partial charge in [0.2, 0.25) is 0 Å². The standard InChI is InChI=1S/C11H14N2/c1-11(2,12)9-4-3-8-5-6-13-10(8)7-9/h3-7,13H,12H2,1-2H3. The van der Waals surface area contributed by atoms with Crippen LogP contribution in [0.15, 0.2) is 30.5 Å². The highest BCUT2D eigenvalue weighted by atomic mass is 14.7. The summed E-state index contributed by atoms with van der Waals surface area (Å²) in [6.45, 7) is 4.02. The number of H-pyrrole nitrogens is 1. The maximum absolute atomic E-state index is 6.00. The zero-order chi connectivity index (χ0) is 9.47. The molecule has 0 bridgehead atoms. The van der Waals surface area contributed by atoms with Gasteiger partial charge in [-0.15, -0.1) is 0 Å². The molecule has 0 saturated heterocycles. The molecule has 0 radical (unpaired) electrons. The maximum Gasteiger partial charge on any atom is 0.0457 e. The molecule has 2 nitrogen and oxygen atoms in total. The molecule has 0 unspecified atom stereocenters. The summed E-state index contributed by atoms with van der Waals surface area (Å²) in [5, 5.41) is 1.23. The van der Waals surface area contributed by atoms with Gasteiger partial charge >= 0.3 is 0 Å². The lowest BCUT2D eigenvalue weighted by Gasteiger charge is -2.18. The average Bonchev–Trinajstić information content (AvgIpc) is 2.47. The number of nitrogens with one attached hydrogen (secondary N) is 1. The third kappa shape index (κ3) is 1.45. The Balaban J connectivity index is 2.61. The minimum atomic E-state index is -0.265. The van der Waals surface area contributed by atoms with Gasteiger partial charge < -0.3 is 10.7 Å². The van der Waals surface area contributed by atoms with Crippen molar-refractivity contribution in [1.29, 1.82) is 0 Å². The summed E-state index contributed by atoms with van der Waals surface area (Å²) in [6.07, 6.45) is 1.94. The van der Waals surface area contributed by atoms with Gasteiger partial charge in [0.1, 0.15) is 0 Å². The Morgan fingerprint density at radius 1 is 1.23 bits per heavy atom. The van der Waals surface area contributed by atoms with E-state index in [0.29, 0.717) is 0 Å². The molecule has 2 heteroatoms. The van der Waals surface area contributed by atoms with Gasteiger partial charge in [-0.05, 0) is 36.9 Å². The molecule has 0 spiro atoms. The highest BCUT2D eigenvalue weighted by molar-refractivity contribution is 5.80. The van der Waals surface area contributed by atoms with Gasteiger partial charge in [0, 0.05) is 17.3 Å². The van der Waals surface area contributed by atoms with Crippen LogP contribution in [0.5, 0.6) is 0 Å². The van der Waals surface area contributed by atoms with E-state index in [1.165, 1.54) is 5.39 Å². The van der Waals surface area contributed by atoms with Gasteiger partial charge in [0.15, 0.2) is 0 Å². The van der Waals surface area contributed by atoms with Gasteiger partial charge in [-0.1, -0.05) is 12.1 Å². The van der Waals surface area contributed by atoms with E-state index in [0.717, 1.165) is 11.1 Å². The highest BCUT2D eigenvalue weighted by Gasteiger charge is 2.13. The summed E-state index contributed by atoms with van der Waals surface area (Å²) in [6, 6.07) is 8.34. The molecule has 68 valence electrons. The van der Waals surface area contributed by atoms with Crippen LogP contribution < -0.4 is 5.73 Å². The van der Waals surface area contributed by atoms with Crippen molar-refractivity contribution in [1.82, 2.24) is 4.98 Å². The van der Waals surface area contributed by atoms with E-state index >= 15 is 0 Å². The summed E-state index contributed by atoms with van der Waals surface area (Å²) in [4.78, 5) is 3.18. The zero-order valence-electron chi connectivity index (χ0n) is 7.96. The van der Waals surface area contributed by atoms with Crippen molar-refractivity contribution in [2.24, 2.45) is 5.73 Å². The fraction of sp³-hybridized carbons (Fsp3) is 0.273. The van der Waals surface area contributed by atoms with Crippen LogP contribution in [0.4, 0.5) is 0 Å². The van der Waals surface area contributed by atoms with E-state index < -0.39 is 0 Å². The molecule has 2 aromatic rings. The number of aromatic nitrogens is 1. The largest absolute Gasteiger partial charge is 0.361 e. The first-order chi connectivity index (χ1) is 6.07. The first kappa shape index (κ1) is 8.32. The van der Waals surface area contributed by atoms with Crippen LogP contribution >= 0.6 is 0 Å². The smallest absolute Gasteiger partial charge is 0.0457 e. The Morgan fingerprint density at radius 3 is 2.69 bits per heavy atom. The average molecular weight is 174 g/mol. The van der Waals surface area contributed by atoms with Crippen molar-refractivity contribution < 1.29 is 0 Å². The van der Waals surface area contributed by atoms with Crippen molar-refractivity contribution in [3.05, 3.63) is 36.0 Å². The molecule has 0 saturated carbocycles. The molecule has 1 aromatic heterocycles. The summed E-state index contributed by atoms with van der Waals surface area (Å²) in [7, 11) is 0. The third-order valence-corrected chi connectivity index (χ3v) is 2.30. The van der Waals surface area contributed by atoms with Crippen LogP contribution in [0.3, 0.4) is 0 Å². The minimum absolute atomic E-state index is 0.265. The summed E-state index contributed by atoms with van der Waals surface area (Å²) in [5.74, 6) is 0. The summed E-state index contributed by atoms with van der Waals surface area (Å²) >= 11 is 0. The Morgan fingerprint density at radius 2 is 2.00 bits per heavy atom. The number of hydrogen-bond donors (Lipinski definition) is 2. The minimum Gasteiger partial charge on any atom is -0.361 e. The molecule has 3 N–H and O–H groups in total. The predicted molar refractivity (Wildman–Crippen MR) is 55.5 cm³/mol. The molecular formula is C11H14N2. The van der Waals surface area contributed by atoms with Gasteiger partial charge in [-0.3, -0.25) is 0 Å². The molecule has 1 heterocycles. The number of fused-ring (bicyclic) bond motifs is 1. The molecule has 1 aromatic carbocycles. The van der Waals surface area contributed by atoms with E-state index in [4.69, 9.17) is 5.73 Å². The van der Waals surface area contributed by atoms with Crippen molar-refractivity contribution in [2.45, 2.75) is 19.4 Å². The fourth-order valence-electron chi connectivity index (χ4n) is 1.45. The van der Waals surface area contributed by atoms with Gasteiger partial charge in [-0.2, -0.15) is 0 Å². The molecule has 0 aliphatic rings. The van der Waals surface area contributed by atoms with Crippen molar-refractivity contribution in [3.63, 3.8) is 0 Å². The number of nitrogens with two attached hydrogens (primary N) is 1. The quantitative estimate of drug-likeness (QED) is 0.684. The third-order valence-electron chi connectivity index (χ3n) is 2.30. The highest BCUT2D eigenvalue weighted by Crippen LogP contribution is 2.21. The fourth-order valence-corrected chi connectivity index (χ4v) is 1.45. The van der Waals surface area contributed by atoms with Crippen molar-refractivity contribution in [3.8, 4) is 0 Å². The van der Waals surface area contributed by atoms with Crippen molar-refractivity contribution >= 4 is 10.9 Å². The second-order valence-corrected chi connectivity index (χ2v) is 4.00. The number of aromatic amines is 1. The second-order valence-electron chi connectivity index (χ2n) is 4.00. The lowest BCUT2D eigenvalue weighted by Crippen LogP contribution is -2.28. The first-order valence-corrected chi connectivity index (χ1v) is 4.44. The Kier molecular flexibility index (Phi) is 1.67. The number of rotatable bonds is 1. The predicted octanol–water partition coefficient (Wildman–Crippen LogP) is 2.36. The first-order valence-electron chi connectivity index (χ1n) is 4.44. The Bertz CT molecular complexity index is 421. The van der Waals surface area contributed by atoms with E-state index in [-0.39, 0.29) is 5.54 Å². The van der Waals surface area contributed by atoms with Crippen LogP contribution in [-0.2, 0) is 5.54 Å². The van der Waals surface area contributed by atoms with Gasteiger partial charge in [-0.25, -0.2) is 0 Å². The van der Waals surface area contributed by atoms with Gasteiger partial charge in [0.05, 0.1) is 0 Å². The zero-order valence-corrected chi connectivity index (χ0v) is 7.96. The number of benzene rings is 1. The van der Waals surface area contributed by atoms with E-state index in [1.54, 1.807) is 0 Å². The van der Waals surface area contributed by atoms with E-state index in [9.17, 15) is 0 Å². The molecular weight excluding hydrogens is 160 g/mol. The van der Waals surface area contributed by atoms with Crippen LogP contribution in [-0.4, -0.2) is 4.98 Å². The van der Waals surface area contributed by atoms with Gasteiger partial charge in [0.25, 0.3) is 0 Å². The van der Waals surface area contributed by atoms with Crippen molar-refractivity contribution in [2.75, 3.05) is 0 Å². The molecule has 0 fully saturated rings. The van der Waals surface area contributed by atoms with Crippen LogP contribution in [0.25, 0.3) is 10.9 Å². The Hall–Kier alpha value is -1.28.